The van der Waals surface area contributed by atoms with Crippen LogP contribution in [-0.4, -0.2) is 36.4 Å². The monoisotopic (exact) mass is 320 g/mol. The Morgan fingerprint density at radius 1 is 1.27 bits per heavy atom. The Labute approximate surface area is 130 Å². The van der Waals surface area contributed by atoms with Gasteiger partial charge in [0.1, 0.15) is 5.69 Å². The molecule has 2 N–H and O–H groups in total. The molecule has 0 saturated carbocycles. The molecule has 2 heterocycles. The number of hydrogen-bond acceptors (Lipinski definition) is 3. The van der Waals surface area contributed by atoms with E-state index in [1.165, 1.54) is 0 Å². The molecule has 1 aliphatic heterocycles. The fraction of sp³-hybridized carbons (Fsp3) is 0.438. The van der Waals surface area contributed by atoms with Crippen molar-refractivity contribution in [1.82, 2.24) is 10.3 Å². The van der Waals surface area contributed by atoms with Gasteiger partial charge in [-0.15, -0.1) is 0 Å². The molecule has 1 atom stereocenters. The highest BCUT2D eigenvalue weighted by Crippen LogP contribution is 2.25. The number of carbonyl (C=O) groups is 1. The summed E-state index contributed by atoms with van der Waals surface area (Å²) in [6.07, 6.45) is 0.458. The minimum atomic E-state index is -3.04. The standard InChI is InChI=1S/C16H20N2O3S/c1-10-6-11(2)12-8-14(17-13(12)7-10)15(19)18-16(3)4-5-22(20,21)9-16/h6-8,17H,4-5,9H2,1-3H3,(H,18,19)/t16-/m0/s1. The minimum Gasteiger partial charge on any atom is -0.351 e. The van der Waals surface area contributed by atoms with Gasteiger partial charge in [0.05, 0.1) is 17.0 Å². The average Bonchev–Trinajstić information content (AvgIpc) is 2.90. The van der Waals surface area contributed by atoms with Crippen molar-refractivity contribution in [3.63, 3.8) is 0 Å². The summed E-state index contributed by atoms with van der Waals surface area (Å²) < 4.78 is 23.3. The van der Waals surface area contributed by atoms with E-state index in [0.717, 1.165) is 22.0 Å². The van der Waals surface area contributed by atoms with Crippen molar-refractivity contribution in [3.8, 4) is 0 Å². The lowest BCUT2D eigenvalue weighted by atomic mass is 10.0. The summed E-state index contributed by atoms with van der Waals surface area (Å²) in [4.78, 5) is 15.6. The summed E-state index contributed by atoms with van der Waals surface area (Å²) in [6.45, 7) is 5.81. The van der Waals surface area contributed by atoms with Gasteiger partial charge in [0.2, 0.25) is 0 Å². The third-order valence-corrected chi connectivity index (χ3v) is 6.16. The van der Waals surface area contributed by atoms with Crippen molar-refractivity contribution >= 4 is 26.6 Å². The van der Waals surface area contributed by atoms with Crippen LogP contribution < -0.4 is 5.32 Å². The summed E-state index contributed by atoms with van der Waals surface area (Å²) >= 11 is 0. The number of aromatic nitrogens is 1. The van der Waals surface area contributed by atoms with Gasteiger partial charge >= 0.3 is 0 Å². The first-order chi connectivity index (χ1) is 10.2. The van der Waals surface area contributed by atoms with E-state index in [2.05, 4.69) is 16.4 Å². The second-order valence-corrected chi connectivity index (χ2v) is 8.77. The summed E-state index contributed by atoms with van der Waals surface area (Å²) in [6, 6.07) is 5.90. The van der Waals surface area contributed by atoms with Crippen LogP contribution in [-0.2, 0) is 9.84 Å². The van der Waals surface area contributed by atoms with Crippen LogP contribution in [0.1, 0.15) is 35.0 Å². The molecule has 1 saturated heterocycles. The predicted octanol–water partition coefficient (Wildman–Crippen LogP) is 2.09. The van der Waals surface area contributed by atoms with E-state index in [0.29, 0.717) is 12.1 Å². The van der Waals surface area contributed by atoms with Gasteiger partial charge in [0.15, 0.2) is 9.84 Å². The smallest absolute Gasteiger partial charge is 0.268 e. The van der Waals surface area contributed by atoms with Crippen molar-refractivity contribution in [2.75, 3.05) is 11.5 Å². The van der Waals surface area contributed by atoms with Crippen LogP contribution in [0.25, 0.3) is 10.9 Å². The first kappa shape index (κ1) is 15.1. The molecule has 5 nitrogen and oxygen atoms in total. The number of sulfone groups is 1. The highest BCUT2D eigenvalue weighted by Gasteiger charge is 2.39. The van der Waals surface area contributed by atoms with Crippen molar-refractivity contribution in [3.05, 3.63) is 35.0 Å². The maximum absolute atomic E-state index is 12.4. The molecule has 6 heteroatoms. The van der Waals surface area contributed by atoms with Gasteiger partial charge in [-0.1, -0.05) is 6.07 Å². The molecule has 0 spiro atoms. The van der Waals surface area contributed by atoms with Gasteiger partial charge in [0, 0.05) is 10.9 Å². The van der Waals surface area contributed by atoms with E-state index >= 15 is 0 Å². The Morgan fingerprint density at radius 3 is 2.64 bits per heavy atom. The molecule has 1 fully saturated rings. The normalized spacial score (nSPS) is 23.8. The first-order valence-electron chi connectivity index (χ1n) is 7.30. The molecule has 0 aliphatic carbocycles. The van der Waals surface area contributed by atoms with E-state index in [1.807, 2.05) is 26.0 Å². The predicted molar refractivity (Wildman–Crippen MR) is 86.9 cm³/mol. The third-order valence-electron chi connectivity index (χ3n) is 4.25. The van der Waals surface area contributed by atoms with E-state index in [4.69, 9.17) is 0 Å². The number of H-pyrrole nitrogens is 1. The molecule has 1 aromatic carbocycles. The molecule has 1 amide bonds. The van der Waals surface area contributed by atoms with Crippen LogP contribution in [0.4, 0.5) is 0 Å². The lowest BCUT2D eigenvalue weighted by molar-refractivity contribution is 0.0911. The number of hydrogen-bond donors (Lipinski definition) is 2. The summed E-state index contributed by atoms with van der Waals surface area (Å²) in [5.41, 5.74) is 2.95. The summed E-state index contributed by atoms with van der Waals surface area (Å²) in [5, 5.41) is 3.89. The van der Waals surface area contributed by atoms with Crippen LogP contribution in [0.5, 0.6) is 0 Å². The lowest BCUT2D eigenvalue weighted by Gasteiger charge is -2.23. The Morgan fingerprint density at radius 2 is 2.00 bits per heavy atom. The SMILES string of the molecule is Cc1cc(C)c2cc(C(=O)N[C@@]3(C)CCS(=O)(=O)C3)[nH]c2c1. The number of carbonyl (C=O) groups excluding carboxylic acids is 1. The maximum atomic E-state index is 12.4. The fourth-order valence-corrected chi connectivity index (χ4v) is 5.27. The van der Waals surface area contributed by atoms with E-state index < -0.39 is 15.4 Å². The fourth-order valence-electron chi connectivity index (χ4n) is 3.17. The molecule has 22 heavy (non-hydrogen) atoms. The Hall–Kier alpha value is -1.82. The molecular weight excluding hydrogens is 300 g/mol. The van der Waals surface area contributed by atoms with Gasteiger partial charge in [-0.2, -0.15) is 0 Å². The zero-order valence-electron chi connectivity index (χ0n) is 13.0. The zero-order valence-corrected chi connectivity index (χ0v) is 13.8. The molecule has 3 rings (SSSR count). The van der Waals surface area contributed by atoms with Gasteiger partial charge in [0.25, 0.3) is 5.91 Å². The van der Waals surface area contributed by atoms with Crippen molar-refractivity contribution in [2.45, 2.75) is 32.7 Å². The highest BCUT2D eigenvalue weighted by atomic mass is 32.2. The number of amides is 1. The number of benzene rings is 1. The quantitative estimate of drug-likeness (QED) is 0.889. The largest absolute Gasteiger partial charge is 0.351 e. The number of nitrogens with one attached hydrogen (secondary N) is 2. The molecule has 0 unspecified atom stereocenters. The molecule has 118 valence electrons. The van der Waals surface area contributed by atoms with Gasteiger partial charge in [-0.25, -0.2) is 8.42 Å². The molecule has 1 aromatic heterocycles. The van der Waals surface area contributed by atoms with Crippen LogP contribution in [0.2, 0.25) is 0 Å². The van der Waals surface area contributed by atoms with E-state index in [-0.39, 0.29) is 17.4 Å². The lowest BCUT2D eigenvalue weighted by Crippen LogP contribution is -2.47. The Balaban J connectivity index is 1.88. The molecule has 1 aliphatic rings. The molecule has 0 bridgehead atoms. The van der Waals surface area contributed by atoms with Crippen molar-refractivity contribution in [1.29, 1.82) is 0 Å². The number of rotatable bonds is 2. The topological polar surface area (TPSA) is 79.0 Å². The Kier molecular flexibility index (Phi) is 3.32. The van der Waals surface area contributed by atoms with Crippen LogP contribution in [0.3, 0.4) is 0 Å². The van der Waals surface area contributed by atoms with Crippen LogP contribution >= 0.6 is 0 Å². The maximum Gasteiger partial charge on any atom is 0.268 e. The number of fused-ring (bicyclic) bond motifs is 1. The molecular formula is C16H20N2O3S. The van der Waals surface area contributed by atoms with Crippen LogP contribution in [0.15, 0.2) is 18.2 Å². The number of aryl methyl sites for hydroxylation is 2. The van der Waals surface area contributed by atoms with E-state index in [9.17, 15) is 13.2 Å². The van der Waals surface area contributed by atoms with E-state index in [1.54, 1.807) is 6.92 Å². The minimum absolute atomic E-state index is 0.00407. The first-order valence-corrected chi connectivity index (χ1v) is 9.13. The molecule has 0 radical (unpaired) electrons. The van der Waals surface area contributed by atoms with Gasteiger partial charge in [-0.3, -0.25) is 4.79 Å². The van der Waals surface area contributed by atoms with Crippen LogP contribution in [0, 0.1) is 13.8 Å². The molecule has 2 aromatic rings. The van der Waals surface area contributed by atoms with Crippen molar-refractivity contribution < 1.29 is 13.2 Å². The Bertz CT molecular complexity index is 867. The third kappa shape index (κ3) is 2.75. The van der Waals surface area contributed by atoms with Crippen molar-refractivity contribution in [2.24, 2.45) is 0 Å². The average molecular weight is 320 g/mol. The number of aromatic amines is 1. The second-order valence-electron chi connectivity index (χ2n) is 6.58. The van der Waals surface area contributed by atoms with Gasteiger partial charge in [-0.05, 0) is 50.5 Å². The zero-order chi connectivity index (χ0) is 16.1. The highest BCUT2D eigenvalue weighted by molar-refractivity contribution is 7.91. The summed E-state index contributed by atoms with van der Waals surface area (Å²) in [5.74, 6) is -0.119. The van der Waals surface area contributed by atoms with Gasteiger partial charge < -0.3 is 10.3 Å². The second kappa shape index (κ2) is 4.84. The summed E-state index contributed by atoms with van der Waals surface area (Å²) in [7, 11) is -3.04.